The van der Waals surface area contributed by atoms with Gasteiger partial charge in [0.1, 0.15) is 11.9 Å². The molecule has 1 atom stereocenters. The highest BCUT2D eigenvalue weighted by Gasteiger charge is 2.30. The van der Waals surface area contributed by atoms with Crippen LogP contribution in [0.1, 0.15) is 36.5 Å². The molecule has 0 unspecified atom stereocenters. The van der Waals surface area contributed by atoms with Crippen molar-refractivity contribution < 1.29 is 23.5 Å². The predicted molar refractivity (Wildman–Crippen MR) is 135 cm³/mol. The van der Waals surface area contributed by atoms with Gasteiger partial charge in [-0.2, -0.15) is 0 Å². The van der Waals surface area contributed by atoms with Crippen LogP contribution in [0.4, 0.5) is 4.39 Å². The van der Waals surface area contributed by atoms with Gasteiger partial charge in [-0.05, 0) is 42.2 Å². The standard InChI is InChI=1S/C29H31FN2O4/c1-2-16-31-29(34)25(17-21-8-4-3-5-9-21)32(19-23-10-6-7-11-24(23)30)28(33)15-13-22-12-14-26-27(18-22)36-20-35-26/h3-12,14,18,25H,2,13,15-17,19-20H2,1H3,(H,31,34)/t25-/m1/s1. The van der Waals surface area contributed by atoms with Crippen molar-refractivity contribution >= 4 is 11.8 Å². The normalized spacial score (nSPS) is 12.7. The topological polar surface area (TPSA) is 67.9 Å². The van der Waals surface area contributed by atoms with E-state index in [1.165, 1.54) is 11.0 Å². The molecule has 2 amide bonds. The molecule has 0 spiro atoms. The second-order valence-corrected chi connectivity index (χ2v) is 8.80. The number of aryl methyl sites for hydroxylation is 1. The molecule has 0 aliphatic carbocycles. The second kappa shape index (κ2) is 12.2. The first kappa shape index (κ1) is 25.2. The van der Waals surface area contributed by atoms with Gasteiger partial charge in [-0.3, -0.25) is 9.59 Å². The van der Waals surface area contributed by atoms with Crippen molar-refractivity contribution in [1.29, 1.82) is 0 Å². The van der Waals surface area contributed by atoms with Gasteiger partial charge in [-0.1, -0.05) is 61.5 Å². The number of nitrogens with one attached hydrogen (secondary N) is 1. The summed E-state index contributed by atoms with van der Waals surface area (Å²) in [6.07, 6.45) is 1.73. The second-order valence-electron chi connectivity index (χ2n) is 8.80. The van der Waals surface area contributed by atoms with E-state index >= 15 is 0 Å². The first-order valence-electron chi connectivity index (χ1n) is 12.3. The molecule has 188 valence electrons. The molecule has 7 heteroatoms. The van der Waals surface area contributed by atoms with Crippen molar-refractivity contribution in [3.63, 3.8) is 0 Å². The Bertz CT molecular complexity index is 1180. The lowest BCUT2D eigenvalue weighted by atomic mass is 10.0. The fourth-order valence-corrected chi connectivity index (χ4v) is 4.22. The number of fused-ring (bicyclic) bond motifs is 1. The average molecular weight is 491 g/mol. The van der Waals surface area contributed by atoms with Crippen molar-refractivity contribution in [3.05, 3.63) is 95.3 Å². The molecule has 1 aliphatic heterocycles. The van der Waals surface area contributed by atoms with Crippen molar-refractivity contribution in [2.75, 3.05) is 13.3 Å². The number of hydrogen-bond donors (Lipinski definition) is 1. The minimum atomic E-state index is -0.775. The Hall–Kier alpha value is -3.87. The lowest BCUT2D eigenvalue weighted by Gasteiger charge is -2.31. The third kappa shape index (κ3) is 6.42. The summed E-state index contributed by atoms with van der Waals surface area (Å²) in [6, 6.07) is 20.8. The van der Waals surface area contributed by atoms with E-state index in [1.54, 1.807) is 18.2 Å². The van der Waals surface area contributed by atoms with Gasteiger partial charge in [0.2, 0.25) is 18.6 Å². The van der Waals surface area contributed by atoms with E-state index in [2.05, 4.69) is 5.32 Å². The zero-order valence-electron chi connectivity index (χ0n) is 20.4. The minimum Gasteiger partial charge on any atom is -0.454 e. The quantitative estimate of drug-likeness (QED) is 0.425. The Morgan fingerprint density at radius 1 is 0.972 bits per heavy atom. The monoisotopic (exact) mass is 490 g/mol. The third-order valence-electron chi connectivity index (χ3n) is 6.18. The van der Waals surface area contributed by atoms with Gasteiger partial charge in [0.25, 0.3) is 0 Å². The van der Waals surface area contributed by atoms with Gasteiger partial charge >= 0.3 is 0 Å². The van der Waals surface area contributed by atoms with Crippen molar-refractivity contribution in [2.45, 2.75) is 45.2 Å². The molecule has 4 rings (SSSR count). The van der Waals surface area contributed by atoms with Crippen LogP contribution in [-0.2, 0) is 29.0 Å². The van der Waals surface area contributed by atoms with E-state index in [1.807, 2.05) is 55.5 Å². The number of carbonyl (C=O) groups is 2. The average Bonchev–Trinajstić information content (AvgIpc) is 3.37. The number of ether oxygens (including phenoxy) is 2. The van der Waals surface area contributed by atoms with Crippen LogP contribution in [0.15, 0.2) is 72.8 Å². The number of rotatable bonds is 11. The lowest BCUT2D eigenvalue weighted by molar-refractivity contribution is -0.141. The summed E-state index contributed by atoms with van der Waals surface area (Å²) in [5.41, 5.74) is 2.22. The Balaban J connectivity index is 1.59. The SMILES string of the molecule is CCCNC(=O)[C@@H](Cc1ccccc1)N(Cc1ccccc1F)C(=O)CCc1ccc2c(c1)OCO2. The maximum atomic E-state index is 14.6. The van der Waals surface area contributed by atoms with Gasteiger partial charge in [-0.25, -0.2) is 4.39 Å². The van der Waals surface area contributed by atoms with Crippen molar-refractivity contribution in [3.8, 4) is 11.5 Å². The van der Waals surface area contributed by atoms with Crippen LogP contribution in [0.25, 0.3) is 0 Å². The highest BCUT2D eigenvalue weighted by molar-refractivity contribution is 5.88. The first-order chi connectivity index (χ1) is 17.5. The van der Waals surface area contributed by atoms with Crippen LogP contribution in [0, 0.1) is 5.82 Å². The minimum absolute atomic E-state index is 0.00366. The van der Waals surface area contributed by atoms with Crippen LogP contribution in [0.5, 0.6) is 11.5 Å². The smallest absolute Gasteiger partial charge is 0.243 e. The van der Waals surface area contributed by atoms with Crippen LogP contribution in [0.3, 0.4) is 0 Å². The molecule has 6 nitrogen and oxygen atoms in total. The molecule has 1 heterocycles. The summed E-state index contributed by atoms with van der Waals surface area (Å²) in [4.78, 5) is 28.5. The number of benzene rings is 3. The van der Waals surface area contributed by atoms with E-state index < -0.39 is 11.9 Å². The van der Waals surface area contributed by atoms with Gasteiger partial charge < -0.3 is 19.7 Å². The number of amides is 2. The summed E-state index contributed by atoms with van der Waals surface area (Å²) in [7, 11) is 0. The zero-order valence-corrected chi connectivity index (χ0v) is 20.4. The van der Waals surface area contributed by atoms with Crippen molar-refractivity contribution in [2.24, 2.45) is 0 Å². The molecule has 0 saturated carbocycles. The van der Waals surface area contributed by atoms with Crippen LogP contribution >= 0.6 is 0 Å². The van der Waals surface area contributed by atoms with E-state index in [-0.39, 0.29) is 31.6 Å². The van der Waals surface area contributed by atoms with Crippen LogP contribution in [-0.4, -0.2) is 36.1 Å². The molecule has 1 aliphatic rings. The molecule has 0 fully saturated rings. The Kier molecular flexibility index (Phi) is 8.55. The van der Waals surface area contributed by atoms with Gasteiger partial charge in [0, 0.05) is 31.5 Å². The number of nitrogens with zero attached hydrogens (tertiary/aromatic N) is 1. The third-order valence-corrected chi connectivity index (χ3v) is 6.18. The molecule has 0 saturated heterocycles. The molecular weight excluding hydrogens is 459 g/mol. The van der Waals surface area contributed by atoms with E-state index in [0.717, 1.165) is 17.5 Å². The summed E-state index contributed by atoms with van der Waals surface area (Å²) in [5, 5.41) is 2.93. The fraction of sp³-hybridized carbons (Fsp3) is 0.310. The van der Waals surface area contributed by atoms with Crippen LogP contribution in [0.2, 0.25) is 0 Å². The van der Waals surface area contributed by atoms with E-state index in [0.29, 0.717) is 36.4 Å². The lowest BCUT2D eigenvalue weighted by Crippen LogP contribution is -2.50. The highest BCUT2D eigenvalue weighted by atomic mass is 19.1. The largest absolute Gasteiger partial charge is 0.454 e. The van der Waals surface area contributed by atoms with Gasteiger partial charge in [0.05, 0.1) is 0 Å². The summed E-state index contributed by atoms with van der Waals surface area (Å²) in [6.45, 7) is 2.66. The van der Waals surface area contributed by atoms with Crippen LogP contribution < -0.4 is 14.8 Å². The molecule has 36 heavy (non-hydrogen) atoms. The number of halogens is 1. The molecule has 3 aromatic carbocycles. The van der Waals surface area contributed by atoms with Gasteiger partial charge in [0.15, 0.2) is 11.5 Å². The molecule has 1 N–H and O–H groups in total. The van der Waals surface area contributed by atoms with Crippen molar-refractivity contribution in [1.82, 2.24) is 10.2 Å². The molecular formula is C29H31FN2O4. The Morgan fingerprint density at radius 2 is 1.72 bits per heavy atom. The Labute approximate surface area is 211 Å². The molecule has 0 aromatic heterocycles. The summed E-state index contributed by atoms with van der Waals surface area (Å²) < 4.78 is 25.4. The number of carbonyl (C=O) groups excluding carboxylic acids is 2. The molecule has 3 aromatic rings. The van der Waals surface area contributed by atoms with Gasteiger partial charge in [-0.15, -0.1) is 0 Å². The highest BCUT2D eigenvalue weighted by Crippen LogP contribution is 2.33. The zero-order chi connectivity index (χ0) is 25.3. The summed E-state index contributed by atoms with van der Waals surface area (Å²) in [5.74, 6) is 0.473. The Morgan fingerprint density at radius 3 is 2.50 bits per heavy atom. The maximum Gasteiger partial charge on any atom is 0.243 e. The first-order valence-corrected chi connectivity index (χ1v) is 12.3. The predicted octanol–water partition coefficient (Wildman–Crippen LogP) is 4.65. The fourth-order valence-electron chi connectivity index (χ4n) is 4.22. The van der Waals surface area contributed by atoms with E-state index in [9.17, 15) is 14.0 Å². The number of hydrogen-bond acceptors (Lipinski definition) is 4. The van der Waals surface area contributed by atoms with E-state index in [4.69, 9.17) is 9.47 Å². The maximum absolute atomic E-state index is 14.6. The molecule has 0 bridgehead atoms. The molecule has 0 radical (unpaired) electrons. The summed E-state index contributed by atoms with van der Waals surface area (Å²) >= 11 is 0.